The van der Waals surface area contributed by atoms with Gasteiger partial charge in [-0.05, 0) is 56.5 Å². The van der Waals surface area contributed by atoms with E-state index in [-0.39, 0.29) is 10.9 Å². The molecule has 0 aliphatic carbocycles. The molecule has 1 saturated heterocycles. The Morgan fingerprint density at radius 3 is 2.47 bits per heavy atom. The zero-order chi connectivity index (χ0) is 14.0. The summed E-state index contributed by atoms with van der Waals surface area (Å²) in [6.45, 7) is 4.79. The van der Waals surface area contributed by atoms with Gasteiger partial charge in [-0.25, -0.2) is 17.5 Å². The molecule has 1 aromatic rings. The lowest BCUT2D eigenvalue weighted by Gasteiger charge is -2.24. The molecule has 1 fully saturated rings. The summed E-state index contributed by atoms with van der Waals surface area (Å²) in [5.74, 6) is -0.409. The monoisotopic (exact) mass is 286 g/mol. The van der Waals surface area contributed by atoms with Crippen molar-refractivity contribution in [1.29, 1.82) is 0 Å². The van der Waals surface area contributed by atoms with Gasteiger partial charge in [-0.2, -0.15) is 0 Å². The molecule has 1 aromatic carbocycles. The standard InChI is InChI=1S/C13H19FN2O2S/c1-9-6-11(14)7-10(2)13(9)19(17,18)16-12-4-3-5-15-8-12/h6-7,12,15-16H,3-5,8H2,1-2H3/t12-/m0/s1. The van der Waals surface area contributed by atoms with E-state index >= 15 is 0 Å². The minimum Gasteiger partial charge on any atom is -0.315 e. The predicted molar refractivity (Wildman–Crippen MR) is 72.1 cm³/mol. The van der Waals surface area contributed by atoms with Crippen molar-refractivity contribution in [2.24, 2.45) is 0 Å². The van der Waals surface area contributed by atoms with Crippen LogP contribution in [0.3, 0.4) is 0 Å². The second-order valence-electron chi connectivity index (χ2n) is 5.03. The van der Waals surface area contributed by atoms with Gasteiger partial charge in [0.15, 0.2) is 0 Å². The average molecular weight is 286 g/mol. The summed E-state index contributed by atoms with van der Waals surface area (Å²) < 4.78 is 40.7. The Morgan fingerprint density at radius 2 is 1.95 bits per heavy atom. The number of nitrogens with one attached hydrogen (secondary N) is 2. The SMILES string of the molecule is Cc1cc(F)cc(C)c1S(=O)(=O)N[C@H]1CCCNC1. The molecule has 1 atom stereocenters. The van der Waals surface area contributed by atoms with E-state index in [1.165, 1.54) is 12.1 Å². The fourth-order valence-corrected chi connectivity index (χ4v) is 4.28. The van der Waals surface area contributed by atoms with Crippen LogP contribution in [0.1, 0.15) is 24.0 Å². The van der Waals surface area contributed by atoms with Crippen molar-refractivity contribution in [3.05, 3.63) is 29.1 Å². The summed E-state index contributed by atoms with van der Waals surface area (Å²) in [5, 5.41) is 3.16. The lowest BCUT2D eigenvalue weighted by atomic mass is 10.1. The minimum absolute atomic E-state index is 0.0948. The number of rotatable bonds is 3. The number of hydrogen-bond donors (Lipinski definition) is 2. The van der Waals surface area contributed by atoms with Crippen LogP contribution >= 0.6 is 0 Å². The molecule has 0 spiro atoms. The summed E-state index contributed by atoms with van der Waals surface area (Å²) >= 11 is 0. The van der Waals surface area contributed by atoms with Crippen molar-refractivity contribution in [3.63, 3.8) is 0 Å². The highest BCUT2D eigenvalue weighted by atomic mass is 32.2. The number of aryl methyl sites for hydroxylation is 2. The number of sulfonamides is 1. The van der Waals surface area contributed by atoms with Gasteiger partial charge in [0.1, 0.15) is 5.82 Å². The molecule has 0 amide bonds. The Balaban J connectivity index is 2.29. The van der Waals surface area contributed by atoms with Crippen LogP contribution in [0.2, 0.25) is 0 Å². The van der Waals surface area contributed by atoms with E-state index in [0.29, 0.717) is 17.7 Å². The Kier molecular flexibility index (Phi) is 4.23. The molecule has 0 bridgehead atoms. The second-order valence-corrected chi connectivity index (χ2v) is 6.68. The van der Waals surface area contributed by atoms with Crippen LogP contribution in [0.4, 0.5) is 4.39 Å². The van der Waals surface area contributed by atoms with E-state index < -0.39 is 15.8 Å². The Morgan fingerprint density at radius 1 is 1.32 bits per heavy atom. The lowest BCUT2D eigenvalue weighted by Crippen LogP contribution is -2.45. The first-order chi connectivity index (χ1) is 8.90. The van der Waals surface area contributed by atoms with Gasteiger partial charge < -0.3 is 5.32 Å². The topological polar surface area (TPSA) is 58.2 Å². The van der Waals surface area contributed by atoms with E-state index in [0.717, 1.165) is 19.4 Å². The van der Waals surface area contributed by atoms with Crippen LogP contribution in [0.25, 0.3) is 0 Å². The van der Waals surface area contributed by atoms with E-state index in [9.17, 15) is 12.8 Å². The van der Waals surface area contributed by atoms with Gasteiger partial charge in [0.2, 0.25) is 10.0 Å². The largest absolute Gasteiger partial charge is 0.315 e. The van der Waals surface area contributed by atoms with Gasteiger partial charge in [-0.3, -0.25) is 0 Å². The van der Waals surface area contributed by atoms with Crippen molar-refractivity contribution in [2.75, 3.05) is 13.1 Å². The first-order valence-electron chi connectivity index (χ1n) is 6.40. The maximum Gasteiger partial charge on any atom is 0.241 e. The average Bonchev–Trinajstić information content (AvgIpc) is 2.27. The number of benzene rings is 1. The first kappa shape index (κ1) is 14.4. The molecule has 0 unspecified atom stereocenters. The third-order valence-electron chi connectivity index (χ3n) is 3.31. The minimum atomic E-state index is -3.59. The van der Waals surface area contributed by atoms with Crippen LogP contribution in [-0.4, -0.2) is 27.5 Å². The molecule has 0 radical (unpaired) electrons. The molecular formula is C13H19FN2O2S. The van der Waals surface area contributed by atoms with Gasteiger partial charge in [0, 0.05) is 12.6 Å². The molecular weight excluding hydrogens is 267 g/mol. The normalized spacial score (nSPS) is 20.5. The second kappa shape index (κ2) is 5.56. The molecule has 4 nitrogen and oxygen atoms in total. The molecule has 19 heavy (non-hydrogen) atoms. The van der Waals surface area contributed by atoms with E-state index in [1.54, 1.807) is 13.8 Å². The molecule has 2 N–H and O–H groups in total. The Bertz CT molecular complexity index is 543. The highest BCUT2D eigenvalue weighted by Crippen LogP contribution is 2.22. The molecule has 6 heteroatoms. The van der Waals surface area contributed by atoms with E-state index in [2.05, 4.69) is 10.0 Å². The van der Waals surface area contributed by atoms with E-state index in [1.807, 2.05) is 0 Å². The van der Waals surface area contributed by atoms with Crippen molar-refractivity contribution in [1.82, 2.24) is 10.0 Å². The smallest absolute Gasteiger partial charge is 0.241 e. The molecule has 2 rings (SSSR count). The third kappa shape index (κ3) is 3.32. The molecule has 1 aliphatic rings. The predicted octanol–water partition coefficient (Wildman–Crippen LogP) is 1.47. The number of piperidine rings is 1. The highest BCUT2D eigenvalue weighted by molar-refractivity contribution is 7.89. The fraction of sp³-hybridized carbons (Fsp3) is 0.538. The van der Waals surface area contributed by atoms with Crippen molar-refractivity contribution in [3.8, 4) is 0 Å². The van der Waals surface area contributed by atoms with Crippen LogP contribution in [0, 0.1) is 19.7 Å². The molecule has 106 valence electrons. The lowest BCUT2D eigenvalue weighted by molar-refractivity contribution is 0.428. The molecule has 1 heterocycles. The quantitative estimate of drug-likeness (QED) is 0.885. The number of hydrogen-bond acceptors (Lipinski definition) is 3. The molecule has 0 aromatic heterocycles. The van der Waals surface area contributed by atoms with Gasteiger partial charge in [-0.15, -0.1) is 0 Å². The van der Waals surface area contributed by atoms with Gasteiger partial charge in [0.05, 0.1) is 4.90 Å². The Hall–Kier alpha value is -0.980. The van der Waals surface area contributed by atoms with Gasteiger partial charge in [0.25, 0.3) is 0 Å². The summed E-state index contributed by atoms with van der Waals surface area (Å²) in [6, 6.07) is 2.41. The van der Waals surface area contributed by atoms with Crippen LogP contribution in [-0.2, 0) is 10.0 Å². The van der Waals surface area contributed by atoms with Crippen molar-refractivity contribution >= 4 is 10.0 Å². The van der Waals surface area contributed by atoms with Crippen LogP contribution in [0.5, 0.6) is 0 Å². The van der Waals surface area contributed by atoms with E-state index in [4.69, 9.17) is 0 Å². The Labute approximate surface area is 113 Å². The fourth-order valence-electron chi connectivity index (χ4n) is 2.55. The maximum atomic E-state index is 13.2. The summed E-state index contributed by atoms with van der Waals surface area (Å²) in [7, 11) is -3.59. The maximum absolute atomic E-state index is 13.2. The zero-order valence-corrected chi connectivity index (χ0v) is 12.0. The zero-order valence-electron chi connectivity index (χ0n) is 11.2. The summed E-state index contributed by atoms with van der Waals surface area (Å²) in [5.41, 5.74) is 0.877. The summed E-state index contributed by atoms with van der Waals surface area (Å²) in [6.07, 6.45) is 1.78. The molecule has 0 saturated carbocycles. The van der Waals surface area contributed by atoms with Gasteiger partial charge >= 0.3 is 0 Å². The molecule has 1 aliphatic heterocycles. The van der Waals surface area contributed by atoms with Crippen LogP contribution < -0.4 is 10.0 Å². The highest BCUT2D eigenvalue weighted by Gasteiger charge is 2.25. The number of halogens is 1. The van der Waals surface area contributed by atoms with Crippen molar-refractivity contribution in [2.45, 2.75) is 37.6 Å². The van der Waals surface area contributed by atoms with Crippen molar-refractivity contribution < 1.29 is 12.8 Å². The summed E-state index contributed by atoms with van der Waals surface area (Å²) in [4.78, 5) is 0.194. The van der Waals surface area contributed by atoms with Crippen LogP contribution in [0.15, 0.2) is 17.0 Å². The first-order valence-corrected chi connectivity index (χ1v) is 7.88. The van der Waals surface area contributed by atoms with Gasteiger partial charge in [-0.1, -0.05) is 0 Å². The third-order valence-corrected chi connectivity index (χ3v) is 5.14.